The molecule has 0 heterocycles. The van der Waals surface area contributed by atoms with Crippen LogP contribution in [0.4, 0.5) is 10.5 Å². The van der Waals surface area contributed by atoms with Crippen LogP contribution in [-0.2, 0) is 0 Å². The van der Waals surface area contributed by atoms with Gasteiger partial charge >= 0.3 is 6.03 Å². The largest absolute Gasteiger partial charge is 0.328 e. The molecule has 0 atom stereocenters. The van der Waals surface area contributed by atoms with Crippen LogP contribution in [0.25, 0.3) is 0 Å². The summed E-state index contributed by atoms with van der Waals surface area (Å²) in [4.78, 5) is 26.7. The molecule has 0 aliphatic carbocycles. The van der Waals surface area contributed by atoms with Crippen LogP contribution in [0.3, 0.4) is 0 Å². The SMILES string of the molecule is CCCCCN(C(=O)NC(=O)c1c(Cl)cccc1Cl)c1ccc(Cl)c(Cl)c1. The van der Waals surface area contributed by atoms with Crippen LogP contribution in [0.2, 0.25) is 20.1 Å². The van der Waals surface area contributed by atoms with Crippen LogP contribution in [0.15, 0.2) is 36.4 Å². The minimum atomic E-state index is -0.670. The summed E-state index contributed by atoms with van der Waals surface area (Å²) >= 11 is 24.1. The van der Waals surface area contributed by atoms with Crippen molar-refractivity contribution in [1.82, 2.24) is 5.32 Å². The molecule has 3 amide bonds. The van der Waals surface area contributed by atoms with E-state index in [0.717, 1.165) is 19.3 Å². The molecule has 0 fully saturated rings. The highest BCUT2D eigenvalue weighted by molar-refractivity contribution is 6.42. The Morgan fingerprint density at radius 3 is 2.19 bits per heavy atom. The predicted octanol–water partition coefficient (Wildman–Crippen LogP) is 6.85. The first-order valence-corrected chi connectivity index (χ1v) is 9.88. The lowest BCUT2D eigenvalue weighted by Crippen LogP contribution is -2.43. The first-order valence-electron chi connectivity index (χ1n) is 8.37. The highest BCUT2D eigenvalue weighted by atomic mass is 35.5. The van der Waals surface area contributed by atoms with Gasteiger partial charge < -0.3 is 0 Å². The van der Waals surface area contributed by atoms with Gasteiger partial charge in [0.05, 0.1) is 25.7 Å². The number of carbonyl (C=O) groups excluding carboxylic acids is 2. The van der Waals surface area contributed by atoms with Gasteiger partial charge in [0.1, 0.15) is 0 Å². The molecule has 2 aromatic rings. The second-order valence-electron chi connectivity index (χ2n) is 5.81. The van der Waals surface area contributed by atoms with Gasteiger partial charge in [0, 0.05) is 12.2 Å². The molecule has 144 valence electrons. The highest BCUT2D eigenvalue weighted by Crippen LogP contribution is 2.28. The van der Waals surface area contributed by atoms with E-state index in [4.69, 9.17) is 46.4 Å². The molecule has 2 aromatic carbocycles. The Labute approximate surface area is 178 Å². The van der Waals surface area contributed by atoms with Crippen LogP contribution in [0.1, 0.15) is 36.5 Å². The van der Waals surface area contributed by atoms with E-state index in [9.17, 15) is 9.59 Å². The fraction of sp³-hybridized carbons (Fsp3) is 0.263. The minimum absolute atomic E-state index is 0.0526. The summed E-state index contributed by atoms with van der Waals surface area (Å²) in [5.41, 5.74) is 0.591. The molecule has 0 aliphatic heterocycles. The summed E-state index contributed by atoms with van der Waals surface area (Å²) in [5, 5.41) is 3.38. The van der Waals surface area contributed by atoms with Gasteiger partial charge in [-0.05, 0) is 36.8 Å². The summed E-state index contributed by atoms with van der Waals surface area (Å²) in [6, 6.07) is 8.96. The first kappa shape index (κ1) is 21.8. The zero-order chi connectivity index (χ0) is 20.0. The van der Waals surface area contributed by atoms with E-state index in [0.29, 0.717) is 22.3 Å². The highest BCUT2D eigenvalue weighted by Gasteiger charge is 2.22. The number of halogens is 4. The lowest BCUT2D eigenvalue weighted by atomic mass is 10.2. The summed E-state index contributed by atoms with van der Waals surface area (Å²) in [6.45, 7) is 2.48. The number of imide groups is 1. The van der Waals surface area contributed by atoms with Crippen molar-refractivity contribution in [2.45, 2.75) is 26.2 Å². The lowest BCUT2D eigenvalue weighted by molar-refractivity contribution is 0.0966. The van der Waals surface area contributed by atoms with Gasteiger partial charge in [0.15, 0.2) is 0 Å². The van der Waals surface area contributed by atoms with Gasteiger partial charge in [-0.15, -0.1) is 0 Å². The standard InChI is InChI=1S/C19H18Cl4N2O2/c1-2-3-4-10-25(12-8-9-13(20)16(23)11-12)19(27)24-18(26)17-14(21)6-5-7-15(17)22/h5-9,11H,2-4,10H2,1H3,(H,24,26,27). The molecular formula is C19H18Cl4N2O2. The van der Waals surface area contributed by atoms with Crippen molar-refractivity contribution in [2.24, 2.45) is 0 Å². The van der Waals surface area contributed by atoms with Crippen molar-refractivity contribution in [2.75, 3.05) is 11.4 Å². The molecule has 0 spiro atoms. The Hall–Kier alpha value is -1.46. The summed E-state index contributed by atoms with van der Waals surface area (Å²) in [5.74, 6) is -0.670. The third-order valence-corrected chi connectivity index (χ3v) is 5.22. The average Bonchev–Trinajstić information content (AvgIpc) is 2.61. The van der Waals surface area contributed by atoms with Crippen LogP contribution in [-0.4, -0.2) is 18.5 Å². The molecule has 1 N–H and O–H groups in total. The quantitative estimate of drug-likeness (QED) is 0.492. The number of hydrogen-bond acceptors (Lipinski definition) is 2. The number of rotatable bonds is 6. The van der Waals surface area contributed by atoms with Crippen molar-refractivity contribution in [3.05, 3.63) is 62.1 Å². The molecular weight excluding hydrogens is 430 g/mol. The Morgan fingerprint density at radius 1 is 0.926 bits per heavy atom. The van der Waals surface area contributed by atoms with Gasteiger partial charge in [-0.2, -0.15) is 0 Å². The third-order valence-electron chi connectivity index (χ3n) is 3.86. The van der Waals surface area contributed by atoms with Gasteiger partial charge in [-0.1, -0.05) is 72.2 Å². The van der Waals surface area contributed by atoms with Gasteiger partial charge in [0.2, 0.25) is 0 Å². The van der Waals surface area contributed by atoms with E-state index in [1.54, 1.807) is 24.3 Å². The number of benzene rings is 2. The van der Waals surface area contributed by atoms with E-state index >= 15 is 0 Å². The van der Waals surface area contributed by atoms with Crippen LogP contribution in [0.5, 0.6) is 0 Å². The number of amides is 3. The number of nitrogens with zero attached hydrogens (tertiary/aromatic N) is 1. The summed E-state index contributed by atoms with van der Waals surface area (Å²) < 4.78 is 0. The molecule has 0 radical (unpaired) electrons. The van der Waals surface area contributed by atoms with Gasteiger partial charge in [0.25, 0.3) is 5.91 Å². The zero-order valence-corrected chi connectivity index (χ0v) is 17.6. The molecule has 0 aromatic heterocycles. The fourth-order valence-corrected chi connectivity index (χ4v) is 3.32. The predicted molar refractivity (Wildman–Crippen MR) is 113 cm³/mol. The number of carbonyl (C=O) groups is 2. The smallest absolute Gasteiger partial charge is 0.294 e. The van der Waals surface area contributed by atoms with Crippen molar-refractivity contribution in [3.63, 3.8) is 0 Å². The lowest BCUT2D eigenvalue weighted by Gasteiger charge is -2.23. The zero-order valence-electron chi connectivity index (χ0n) is 14.6. The number of nitrogens with one attached hydrogen (secondary N) is 1. The number of hydrogen-bond donors (Lipinski definition) is 1. The molecule has 0 saturated carbocycles. The molecule has 0 aliphatic rings. The average molecular weight is 448 g/mol. The number of unbranched alkanes of at least 4 members (excludes halogenated alkanes) is 2. The molecule has 0 saturated heterocycles. The van der Waals surface area contributed by atoms with E-state index in [1.165, 1.54) is 17.0 Å². The van der Waals surface area contributed by atoms with Crippen molar-refractivity contribution in [1.29, 1.82) is 0 Å². The van der Waals surface area contributed by atoms with Crippen LogP contribution >= 0.6 is 46.4 Å². The maximum absolute atomic E-state index is 12.8. The van der Waals surface area contributed by atoms with Gasteiger partial charge in [-0.3, -0.25) is 15.0 Å². The van der Waals surface area contributed by atoms with Crippen molar-refractivity contribution < 1.29 is 9.59 Å². The van der Waals surface area contributed by atoms with Gasteiger partial charge in [-0.25, -0.2) is 4.79 Å². The molecule has 2 rings (SSSR count). The van der Waals surface area contributed by atoms with E-state index in [1.807, 2.05) is 0 Å². The monoisotopic (exact) mass is 446 g/mol. The fourth-order valence-electron chi connectivity index (χ4n) is 2.46. The Morgan fingerprint density at radius 2 is 1.59 bits per heavy atom. The van der Waals surface area contributed by atoms with Crippen molar-refractivity contribution in [3.8, 4) is 0 Å². The Bertz CT molecular complexity index is 822. The van der Waals surface area contributed by atoms with Crippen LogP contribution in [0, 0.1) is 0 Å². The van der Waals surface area contributed by atoms with Crippen LogP contribution < -0.4 is 10.2 Å². The Balaban J connectivity index is 2.25. The topological polar surface area (TPSA) is 49.4 Å². The maximum atomic E-state index is 12.8. The van der Waals surface area contributed by atoms with E-state index in [2.05, 4.69) is 12.2 Å². The summed E-state index contributed by atoms with van der Waals surface area (Å²) in [6.07, 6.45) is 2.70. The molecule has 8 heteroatoms. The molecule has 0 unspecified atom stereocenters. The molecule has 27 heavy (non-hydrogen) atoms. The normalized spacial score (nSPS) is 10.6. The van der Waals surface area contributed by atoms with E-state index < -0.39 is 11.9 Å². The third kappa shape index (κ3) is 5.76. The Kier molecular flexibility index (Phi) is 8.24. The second-order valence-corrected chi connectivity index (χ2v) is 7.44. The minimum Gasteiger partial charge on any atom is -0.294 e. The van der Waals surface area contributed by atoms with E-state index in [-0.39, 0.29) is 15.6 Å². The number of anilines is 1. The number of urea groups is 1. The molecule has 0 bridgehead atoms. The summed E-state index contributed by atoms with van der Waals surface area (Å²) in [7, 11) is 0. The molecule has 4 nitrogen and oxygen atoms in total. The van der Waals surface area contributed by atoms with Crippen molar-refractivity contribution >= 4 is 64.0 Å². The second kappa shape index (κ2) is 10.2. The first-order chi connectivity index (χ1) is 12.8. The maximum Gasteiger partial charge on any atom is 0.328 e.